The molecule has 4 heteroatoms. The molecule has 1 atom stereocenters. The predicted octanol–water partition coefficient (Wildman–Crippen LogP) is 6.42. The maximum Gasteiger partial charge on any atom is 0.0357 e. The Kier molecular flexibility index (Phi) is 6.90. The lowest BCUT2D eigenvalue weighted by Gasteiger charge is -2.37. The van der Waals surface area contributed by atoms with E-state index in [1.807, 2.05) is 0 Å². The average molecular weight is 429 g/mol. The highest BCUT2D eigenvalue weighted by molar-refractivity contribution is 6.23. The zero-order chi connectivity index (χ0) is 18.4. The standard InChI is InChI=1S/C25H28N2.2ClH/c1-17(2)16-23(27-14-12-26-13-15-27)21-10-8-20-7-6-18-4-3-5-19-9-11-22(21)25(20)24(18)19;;/h3-11,17,23,26H,12-16H2,1-2H3;2*1H/t23-;;/m1../s1. The van der Waals surface area contributed by atoms with Crippen molar-refractivity contribution in [2.45, 2.75) is 26.3 Å². The lowest BCUT2D eigenvalue weighted by molar-refractivity contribution is 0.155. The van der Waals surface area contributed by atoms with Crippen LogP contribution in [0.1, 0.15) is 31.9 Å². The molecule has 0 spiro atoms. The van der Waals surface area contributed by atoms with Crippen molar-refractivity contribution in [3.63, 3.8) is 0 Å². The van der Waals surface area contributed by atoms with Crippen LogP contribution in [0.4, 0.5) is 0 Å². The van der Waals surface area contributed by atoms with Gasteiger partial charge in [-0.15, -0.1) is 24.8 Å². The summed E-state index contributed by atoms with van der Waals surface area (Å²) in [5.74, 6) is 0.684. The van der Waals surface area contributed by atoms with E-state index in [1.165, 1.54) is 44.3 Å². The van der Waals surface area contributed by atoms with Crippen LogP contribution in [-0.4, -0.2) is 31.1 Å². The van der Waals surface area contributed by atoms with E-state index in [-0.39, 0.29) is 24.8 Å². The monoisotopic (exact) mass is 428 g/mol. The number of hydrogen-bond acceptors (Lipinski definition) is 2. The summed E-state index contributed by atoms with van der Waals surface area (Å²) in [6, 6.07) is 21.2. The molecule has 1 N–H and O–H groups in total. The normalized spacial score (nSPS) is 16.2. The molecule has 29 heavy (non-hydrogen) atoms. The van der Waals surface area contributed by atoms with Crippen LogP contribution >= 0.6 is 24.8 Å². The van der Waals surface area contributed by atoms with Crippen LogP contribution < -0.4 is 5.32 Å². The van der Waals surface area contributed by atoms with Crippen molar-refractivity contribution in [1.29, 1.82) is 0 Å². The topological polar surface area (TPSA) is 15.3 Å². The molecular formula is C25H30Cl2N2. The van der Waals surface area contributed by atoms with Crippen LogP contribution in [0.3, 0.4) is 0 Å². The third-order valence-electron chi connectivity index (χ3n) is 6.21. The molecule has 154 valence electrons. The zero-order valence-electron chi connectivity index (χ0n) is 17.2. The Morgan fingerprint density at radius 2 is 1.38 bits per heavy atom. The molecule has 4 aromatic carbocycles. The fraction of sp³-hybridized carbons (Fsp3) is 0.360. The van der Waals surface area contributed by atoms with Gasteiger partial charge < -0.3 is 5.32 Å². The van der Waals surface area contributed by atoms with Gasteiger partial charge in [0.05, 0.1) is 0 Å². The largest absolute Gasteiger partial charge is 0.314 e. The summed E-state index contributed by atoms with van der Waals surface area (Å²) >= 11 is 0. The van der Waals surface area contributed by atoms with Gasteiger partial charge in [0.15, 0.2) is 0 Å². The van der Waals surface area contributed by atoms with E-state index in [1.54, 1.807) is 0 Å². The summed E-state index contributed by atoms with van der Waals surface area (Å²) < 4.78 is 0. The van der Waals surface area contributed by atoms with Gasteiger partial charge in [-0.1, -0.05) is 68.4 Å². The summed E-state index contributed by atoms with van der Waals surface area (Å²) in [7, 11) is 0. The first-order chi connectivity index (χ1) is 13.2. The summed E-state index contributed by atoms with van der Waals surface area (Å²) in [5, 5.41) is 11.9. The van der Waals surface area contributed by atoms with Crippen LogP contribution in [0, 0.1) is 5.92 Å². The third-order valence-corrected chi connectivity index (χ3v) is 6.21. The first-order valence-corrected chi connectivity index (χ1v) is 10.3. The lowest BCUT2D eigenvalue weighted by atomic mass is 9.87. The van der Waals surface area contributed by atoms with Crippen LogP contribution in [0.2, 0.25) is 0 Å². The molecule has 0 aliphatic carbocycles. The summed E-state index contributed by atoms with van der Waals surface area (Å²) in [6.07, 6.45) is 1.21. The van der Waals surface area contributed by atoms with Gasteiger partial charge >= 0.3 is 0 Å². The Bertz CT molecular complexity index is 1070. The molecule has 1 saturated heterocycles. The van der Waals surface area contributed by atoms with Crippen molar-refractivity contribution in [1.82, 2.24) is 10.2 Å². The maximum absolute atomic E-state index is 3.51. The second-order valence-corrected chi connectivity index (χ2v) is 8.44. The van der Waals surface area contributed by atoms with Crippen LogP contribution in [0.25, 0.3) is 32.3 Å². The molecule has 0 aromatic heterocycles. The minimum Gasteiger partial charge on any atom is -0.314 e. The summed E-state index contributed by atoms with van der Waals surface area (Å²) in [4.78, 5) is 2.70. The number of benzene rings is 4. The van der Waals surface area contributed by atoms with Gasteiger partial charge in [-0.2, -0.15) is 0 Å². The average Bonchev–Trinajstić information content (AvgIpc) is 2.71. The van der Waals surface area contributed by atoms with E-state index in [2.05, 4.69) is 78.7 Å². The second kappa shape index (κ2) is 9.06. The number of piperazine rings is 1. The lowest BCUT2D eigenvalue weighted by Crippen LogP contribution is -2.45. The van der Waals surface area contributed by atoms with Crippen LogP contribution in [-0.2, 0) is 0 Å². The first-order valence-electron chi connectivity index (χ1n) is 10.3. The van der Waals surface area contributed by atoms with Crippen molar-refractivity contribution in [3.05, 3.63) is 60.2 Å². The molecule has 1 fully saturated rings. The second-order valence-electron chi connectivity index (χ2n) is 8.44. The van der Waals surface area contributed by atoms with E-state index in [4.69, 9.17) is 0 Å². The molecule has 0 radical (unpaired) electrons. The smallest absolute Gasteiger partial charge is 0.0357 e. The molecule has 4 aromatic rings. The molecule has 0 amide bonds. The van der Waals surface area contributed by atoms with Gasteiger partial charge in [0.2, 0.25) is 0 Å². The van der Waals surface area contributed by atoms with Gasteiger partial charge in [-0.05, 0) is 50.2 Å². The highest BCUT2D eigenvalue weighted by Crippen LogP contribution is 2.40. The highest BCUT2D eigenvalue weighted by atomic mass is 35.5. The van der Waals surface area contributed by atoms with E-state index in [9.17, 15) is 0 Å². The Hall–Kier alpha value is -1.58. The van der Waals surface area contributed by atoms with Crippen molar-refractivity contribution in [2.75, 3.05) is 26.2 Å². The molecule has 1 heterocycles. The van der Waals surface area contributed by atoms with Gasteiger partial charge in [0.1, 0.15) is 0 Å². The SMILES string of the molecule is CC(C)C[C@H](c1ccc2ccc3cccc4ccc1c2c34)N1CCNCC1.Cl.Cl. The molecule has 0 unspecified atom stereocenters. The molecule has 2 nitrogen and oxygen atoms in total. The summed E-state index contributed by atoms with van der Waals surface area (Å²) in [5.41, 5.74) is 1.51. The van der Waals surface area contributed by atoms with Gasteiger partial charge in [-0.3, -0.25) is 4.90 Å². The van der Waals surface area contributed by atoms with Crippen LogP contribution in [0.15, 0.2) is 54.6 Å². The Morgan fingerprint density at radius 3 is 2.03 bits per heavy atom. The fourth-order valence-corrected chi connectivity index (χ4v) is 4.96. The highest BCUT2D eigenvalue weighted by Gasteiger charge is 2.25. The van der Waals surface area contributed by atoms with Crippen molar-refractivity contribution in [2.24, 2.45) is 5.92 Å². The van der Waals surface area contributed by atoms with E-state index >= 15 is 0 Å². The third kappa shape index (κ3) is 3.92. The Balaban J connectivity index is 0.00000120. The number of halogens is 2. The van der Waals surface area contributed by atoms with E-state index < -0.39 is 0 Å². The Labute approximate surface area is 185 Å². The number of nitrogens with zero attached hydrogens (tertiary/aromatic N) is 1. The van der Waals surface area contributed by atoms with Crippen molar-refractivity contribution >= 4 is 57.1 Å². The maximum atomic E-state index is 3.51. The van der Waals surface area contributed by atoms with Gasteiger partial charge in [0.25, 0.3) is 0 Å². The van der Waals surface area contributed by atoms with Gasteiger partial charge in [0, 0.05) is 32.2 Å². The van der Waals surface area contributed by atoms with Crippen LogP contribution in [0.5, 0.6) is 0 Å². The summed E-state index contributed by atoms with van der Waals surface area (Å²) in [6.45, 7) is 9.18. The minimum atomic E-state index is 0. The molecule has 1 aliphatic heterocycles. The molecule has 0 saturated carbocycles. The quantitative estimate of drug-likeness (QED) is 0.377. The minimum absolute atomic E-state index is 0. The molecule has 1 aliphatic rings. The van der Waals surface area contributed by atoms with Crippen molar-refractivity contribution in [3.8, 4) is 0 Å². The molecule has 0 bridgehead atoms. The first kappa shape index (κ1) is 22.1. The molecule has 5 rings (SSSR count). The fourth-order valence-electron chi connectivity index (χ4n) is 4.96. The molecular weight excluding hydrogens is 399 g/mol. The van der Waals surface area contributed by atoms with E-state index in [0.717, 1.165) is 26.2 Å². The van der Waals surface area contributed by atoms with Crippen molar-refractivity contribution < 1.29 is 0 Å². The number of nitrogens with one attached hydrogen (secondary N) is 1. The van der Waals surface area contributed by atoms with E-state index in [0.29, 0.717) is 12.0 Å². The zero-order valence-corrected chi connectivity index (χ0v) is 18.8. The van der Waals surface area contributed by atoms with Gasteiger partial charge in [-0.25, -0.2) is 0 Å². The number of hydrogen-bond donors (Lipinski definition) is 1. The predicted molar refractivity (Wildman–Crippen MR) is 131 cm³/mol. The Morgan fingerprint density at radius 1 is 0.793 bits per heavy atom. The number of rotatable bonds is 4.